The lowest BCUT2D eigenvalue weighted by Crippen LogP contribution is -2.27. The molecule has 0 bridgehead atoms. The fourth-order valence-electron chi connectivity index (χ4n) is 2.29. The highest BCUT2D eigenvalue weighted by molar-refractivity contribution is 7.99. The van der Waals surface area contributed by atoms with Crippen LogP contribution < -0.4 is 10.5 Å². The van der Waals surface area contributed by atoms with Crippen molar-refractivity contribution in [1.29, 1.82) is 0 Å². The molecule has 0 unspecified atom stereocenters. The topological polar surface area (TPSA) is 103 Å². The van der Waals surface area contributed by atoms with Crippen LogP contribution >= 0.6 is 11.8 Å². The normalized spacial score (nSPS) is 10.6. The van der Waals surface area contributed by atoms with Crippen molar-refractivity contribution in [1.82, 2.24) is 19.7 Å². The van der Waals surface area contributed by atoms with Crippen molar-refractivity contribution >= 4 is 23.6 Å². The second-order valence-electron chi connectivity index (χ2n) is 5.81. The van der Waals surface area contributed by atoms with E-state index in [0.29, 0.717) is 23.9 Å². The molecule has 2 aromatic rings. The number of aromatic nitrogens is 3. The Morgan fingerprint density at radius 1 is 1.35 bits per heavy atom. The standard InChI is InChI=1S/C17H23N5O3S/c1-21(10-12-5-4-6-13(9-12)25-3)16(24)11-26-17-20-19-15(22(17)2)8-7-14(18)23/h4-6,9H,7-8,10-11H2,1-3H3,(H2,18,23). The van der Waals surface area contributed by atoms with Crippen LogP contribution in [0.5, 0.6) is 5.75 Å². The molecule has 0 spiro atoms. The SMILES string of the molecule is COc1cccc(CN(C)C(=O)CSc2nnc(CCC(N)=O)n2C)c1. The molecule has 0 saturated carbocycles. The fraction of sp³-hybridized carbons (Fsp3) is 0.412. The largest absolute Gasteiger partial charge is 0.497 e. The van der Waals surface area contributed by atoms with E-state index in [1.54, 1.807) is 23.6 Å². The van der Waals surface area contributed by atoms with E-state index in [0.717, 1.165) is 11.3 Å². The molecule has 140 valence electrons. The summed E-state index contributed by atoms with van der Waals surface area (Å²) in [5.41, 5.74) is 6.15. The van der Waals surface area contributed by atoms with Crippen LogP contribution in [0.25, 0.3) is 0 Å². The van der Waals surface area contributed by atoms with Crippen molar-refractivity contribution in [3.8, 4) is 5.75 Å². The smallest absolute Gasteiger partial charge is 0.233 e. The number of thioether (sulfide) groups is 1. The molecule has 2 N–H and O–H groups in total. The summed E-state index contributed by atoms with van der Waals surface area (Å²) in [6.45, 7) is 0.499. The van der Waals surface area contributed by atoms with Gasteiger partial charge in [-0.15, -0.1) is 10.2 Å². The van der Waals surface area contributed by atoms with Gasteiger partial charge in [0.25, 0.3) is 0 Å². The number of amides is 2. The molecular weight excluding hydrogens is 354 g/mol. The number of nitrogens with zero attached hydrogens (tertiary/aromatic N) is 4. The molecule has 1 heterocycles. The summed E-state index contributed by atoms with van der Waals surface area (Å²) in [6.07, 6.45) is 0.655. The summed E-state index contributed by atoms with van der Waals surface area (Å²) < 4.78 is 6.98. The van der Waals surface area contributed by atoms with Gasteiger partial charge in [0.15, 0.2) is 5.16 Å². The highest BCUT2D eigenvalue weighted by Crippen LogP contribution is 2.18. The minimum absolute atomic E-state index is 0.0143. The Morgan fingerprint density at radius 2 is 2.12 bits per heavy atom. The fourth-order valence-corrected chi connectivity index (χ4v) is 3.16. The van der Waals surface area contributed by atoms with Crippen molar-refractivity contribution in [2.24, 2.45) is 12.8 Å². The molecule has 2 rings (SSSR count). The zero-order chi connectivity index (χ0) is 19.1. The maximum absolute atomic E-state index is 12.4. The molecule has 26 heavy (non-hydrogen) atoms. The molecule has 9 heteroatoms. The van der Waals surface area contributed by atoms with E-state index in [2.05, 4.69) is 10.2 Å². The first-order valence-electron chi connectivity index (χ1n) is 8.07. The van der Waals surface area contributed by atoms with E-state index < -0.39 is 0 Å². The maximum atomic E-state index is 12.4. The number of hydrogen-bond acceptors (Lipinski definition) is 6. The van der Waals surface area contributed by atoms with Gasteiger partial charge in [-0.3, -0.25) is 9.59 Å². The van der Waals surface area contributed by atoms with Gasteiger partial charge >= 0.3 is 0 Å². The lowest BCUT2D eigenvalue weighted by atomic mass is 10.2. The summed E-state index contributed by atoms with van der Waals surface area (Å²) in [6, 6.07) is 7.62. The Labute approximate surface area is 156 Å². The molecular formula is C17H23N5O3S. The van der Waals surface area contributed by atoms with Crippen LogP contribution in [0.3, 0.4) is 0 Å². The highest BCUT2D eigenvalue weighted by Gasteiger charge is 2.14. The first-order valence-corrected chi connectivity index (χ1v) is 9.05. The molecule has 1 aromatic carbocycles. The summed E-state index contributed by atoms with van der Waals surface area (Å²) in [5.74, 6) is 1.29. The van der Waals surface area contributed by atoms with Crippen molar-refractivity contribution < 1.29 is 14.3 Å². The molecule has 0 aliphatic carbocycles. The number of methoxy groups -OCH3 is 1. The van der Waals surface area contributed by atoms with Gasteiger partial charge < -0.3 is 19.9 Å². The quantitative estimate of drug-likeness (QED) is 0.654. The minimum Gasteiger partial charge on any atom is -0.497 e. The van der Waals surface area contributed by atoms with E-state index in [9.17, 15) is 9.59 Å². The number of ether oxygens (including phenoxy) is 1. The number of rotatable bonds is 9. The molecule has 0 aliphatic rings. The number of carbonyl (C=O) groups is 2. The number of carbonyl (C=O) groups excluding carboxylic acids is 2. The average Bonchev–Trinajstić information content (AvgIpc) is 2.97. The minimum atomic E-state index is -0.378. The van der Waals surface area contributed by atoms with Crippen molar-refractivity contribution in [3.63, 3.8) is 0 Å². The number of benzene rings is 1. The highest BCUT2D eigenvalue weighted by atomic mass is 32.2. The van der Waals surface area contributed by atoms with Crippen LogP contribution in [-0.2, 0) is 29.6 Å². The second kappa shape index (κ2) is 9.23. The Hall–Kier alpha value is -2.55. The number of nitrogens with two attached hydrogens (primary N) is 1. The predicted molar refractivity (Wildman–Crippen MR) is 98.7 cm³/mol. The average molecular weight is 377 g/mol. The lowest BCUT2D eigenvalue weighted by molar-refractivity contribution is -0.127. The molecule has 0 fully saturated rings. The third kappa shape index (κ3) is 5.48. The zero-order valence-electron chi connectivity index (χ0n) is 15.1. The van der Waals surface area contributed by atoms with Gasteiger partial charge in [-0.2, -0.15) is 0 Å². The van der Waals surface area contributed by atoms with E-state index in [1.807, 2.05) is 31.3 Å². The Kier molecular flexibility index (Phi) is 7.02. The summed E-state index contributed by atoms with van der Waals surface area (Å²) in [7, 11) is 5.18. The van der Waals surface area contributed by atoms with Gasteiger partial charge in [0.05, 0.1) is 12.9 Å². The predicted octanol–water partition coefficient (Wildman–Crippen LogP) is 0.992. The first-order chi connectivity index (χ1) is 12.4. The molecule has 0 saturated heterocycles. The van der Waals surface area contributed by atoms with Crippen LogP contribution in [0, 0.1) is 0 Å². The molecule has 1 aromatic heterocycles. The van der Waals surface area contributed by atoms with Gasteiger partial charge in [0.2, 0.25) is 11.8 Å². The zero-order valence-corrected chi connectivity index (χ0v) is 16.0. The van der Waals surface area contributed by atoms with Crippen LogP contribution in [0.15, 0.2) is 29.4 Å². The Morgan fingerprint density at radius 3 is 2.81 bits per heavy atom. The van der Waals surface area contributed by atoms with Gasteiger partial charge in [0, 0.05) is 33.5 Å². The molecule has 0 aliphatic heterocycles. The van der Waals surface area contributed by atoms with Crippen LogP contribution in [-0.4, -0.2) is 51.4 Å². The monoisotopic (exact) mass is 377 g/mol. The van der Waals surface area contributed by atoms with Crippen LogP contribution in [0.2, 0.25) is 0 Å². The van der Waals surface area contributed by atoms with E-state index >= 15 is 0 Å². The van der Waals surface area contributed by atoms with E-state index in [1.165, 1.54) is 11.8 Å². The number of primary amides is 1. The summed E-state index contributed by atoms with van der Waals surface area (Å²) >= 11 is 1.31. The van der Waals surface area contributed by atoms with Gasteiger partial charge in [-0.1, -0.05) is 23.9 Å². The number of hydrogen-bond donors (Lipinski definition) is 1. The van der Waals surface area contributed by atoms with Crippen LogP contribution in [0.4, 0.5) is 0 Å². The molecule has 0 atom stereocenters. The lowest BCUT2D eigenvalue weighted by Gasteiger charge is -2.17. The molecule has 0 radical (unpaired) electrons. The van der Waals surface area contributed by atoms with Crippen molar-refractivity contribution in [3.05, 3.63) is 35.7 Å². The molecule has 2 amide bonds. The van der Waals surface area contributed by atoms with Gasteiger partial charge in [0.1, 0.15) is 11.6 Å². The third-order valence-corrected chi connectivity index (χ3v) is 4.83. The summed E-state index contributed by atoms with van der Waals surface area (Å²) in [4.78, 5) is 24.9. The first kappa shape index (κ1) is 19.8. The third-order valence-electron chi connectivity index (χ3n) is 3.82. The maximum Gasteiger partial charge on any atom is 0.233 e. The van der Waals surface area contributed by atoms with E-state index in [-0.39, 0.29) is 24.0 Å². The molecule has 8 nitrogen and oxygen atoms in total. The Bertz CT molecular complexity index is 778. The Balaban J connectivity index is 1.88. The second-order valence-corrected chi connectivity index (χ2v) is 6.76. The van der Waals surface area contributed by atoms with Crippen molar-refractivity contribution in [2.75, 3.05) is 19.9 Å². The summed E-state index contributed by atoms with van der Waals surface area (Å²) in [5, 5.41) is 8.74. The van der Waals surface area contributed by atoms with E-state index in [4.69, 9.17) is 10.5 Å². The van der Waals surface area contributed by atoms with Gasteiger partial charge in [-0.25, -0.2) is 0 Å². The number of aryl methyl sites for hydroxylation is 1. The van der Waals surface area contributed by atoms with Crippen LogP contribution in [0.1, 0.15) is 17.8 Å². The van der Waals surface area contributed by atoms with Gasteiger partial charge in [-0.05, 0) is 17.7 Å². The van der Waals surface area contributed by atoms with Crippen molar-refractivity contribution in [2.45, 2.75) is 24.5 Å².